The number of hydrogen-bond acceptors (Lipinski definition) is 2. The Balaban J connectivity index is 2.16. The van der Waals surface area contributed by atoms with Crippen LogP contribution >= 0.6 is 27.5 Å². The number of aliphatic hydroxyl groups is 1. The van der Waals surface area contributed by atoms with Gasteiger partial charge in [0, 0.05) is 28.8 Å². The largest absolute Gasteiger partial charge is 0.389 e. The van der Waals surface area contributed by atoms with Gasteiger partial charge in [0.15, 0.2) is 0 Å². The zero-order valence-corrected chi connectivity index (χ0v) is 13.0. The quantitative estimate of drug-likeness (QED) is 0.887. The Morgan fingerprint density at radius 2 is 2.00 bits per heavy atom. The van der Waals surface area contributed by atoms with Crippen LogP contribution in [-0.2, 0) is 11.2 Å². The van der Waals surface area contributed by atoms with Crippen LogP contribution in [0.25, 0.3) is 0 Å². The second kappa shape index (κ2) is 5.49. The van der Waals surface area contributed by atoms with E-state index in [2.05, 4.69) is 15.9 Å². The molecule has 1 heterocycles. The van der Waals surface area contributed by atoms with E-state index >= 15 is 0 Å². The number of hydrogen-bond donors (Lipinski definition) is 1. The normalized spacial score (nSPS) is 32.5. The summed E-state index contributed by atoms with van der Waals surface area (Å²) in [5.74, 6) is 0. The van der Waals surface area contributed by atoms with Crippen molar-refractivity contribution in [2.75, 3.05) is 0 Å². The second-order valence-electron chi connectivity index (χ2n) is 5.30. The molecule has 0 aliphatic carbocycles. The van der Waals surface area contributed by atoms with E-state index in [1.807, 2.05) is 32.0 Å². The molecule has 0 radical (unpaired) electrons. The molecule has 1 aromatic rings. The average molecular weight is 334 g/mol. The first kappa shape index (κ1) is 14.3. The lowest BCUT2D eigenvalue weighted by atomic mass is 9.82. The Bertz CT molecular complexity index is 426. The lowest BCUT2D eigenvalue weighted by molar-refractivity contribution is -0.130. The summed E-state index contributed by atoms with van der Waals surface area (Å²) in [6.45, 7) is 4.01. The molecule has 0 spiro atoms. The molecule has 0 amide bonds. The van der Waals surface area contributed by atoms with Crippen LogP contribution in [0.15, 0.2) is 22.7 Å². The summed E-state index contributed by atoms with van der Waals surface area (Å²) in [6, 6.07) is 5.79. The van der Waals surface area contributed by atoms with Gasteiger partial charge in [0.05, 0.1) is 17.8 Å². The lowest BCUT2D eigenvalue weighted by Gasteiger charge is -2.39. The second-order valence-corrected chi connectivity index (χ2v) is 6.63. The Hall–Kier alpha value is -0.0900. The predicted octanol–water partition coefficient (Wildman–Crippen LogP) is 3.96. The van der Waals surface area contributed by atoms with Crippen molar-refractivity contribution in [1.82, 2.24) is 0 Å². The topological polar surface area (TPSA) is 29.5 Å². The Morgan fingerprint density at radius 1 is 1.39 bits per heavy atom. The van der Waals surface area contributed by atoms with E-state index in [0.717, 1.165) is 10.0 Å². The van der Waals surface area contributed by atoms with Gasteiger partial charge in [0.25, 0.3) is 0 Å². The summed E-state index contributed by atoms with van der Waals surface area (Å²) in [7, 11) is 0. The van der Waals surface area contributed by atoms with Crippen molar-refractivity contribution in [3.63, 3.8) is 0 Å². The Morgan fingerprint density at radius 3 is 2.56 bits per heavy atom. The van der Waals surface area contributed by atoms with E-state index in [1.165, 1.54) is 0 Å². The molecular weight excluding hydrogens is 316 g/mol. The van der Waals surface area contributed by atoms with Gasteiger partial charge in [-0.2, -0.15) is 0 Å². The molecule has 1 N–H and O–H groups in total. The van der Waals surface area contributed by atoms with E-state index in [1.54, 1.807) is 0 Å². The van der Waals surface area contributed by atoms with Gasteiger partial charge in [-0.3, -0.25) is 0 Å². The van der Waals surface area contributed by atoms with E-state index in [4.69, 9.17) is 16.3 Å². The molecule has 0 bridgehead atoms. The monoisotopic (exact) mass is 332 g/mol. The van der Waals surface area contributed by atoms with Crippen molar-refractivity contribution in [1.29, 1.82) is 0 Å². The van der Waals surface area contributed by atoms with E-state index in [9.17, 15) is 5.11 Å². The van der Waals surface area contributed by atoms with Crippen LogP contribution in [0.1, 0.15) is 32.3 Å². The highest BCUT2D eigenvalue weighted by Gasteiger charge is 2.37. The molecule has 1 saturated heterocycles. The first-order chi connectivity index (χ1) is 8.38. The SMILES string of the molecule is CC1CC(O)(Cc2ccc(Br)cc2Cl)CC(C)O1. The van der Waals surface area contributed by atoms with Crippen molar-refractivity contribution in [3.05, 3.63) is 33.3 Å². The van der Waals surface area contributed by atoms with E-state index < -0.39 is 5.60 Å². The maximum absolute atomic E-state index is 10.7. The van der Waals surface area contributed by atoms with Crippen LogP contribution in [0.2, 0.25) is 5.02 Å². The first-order valence-electron chi connectivity index (χ1n) is 6.20. The molecule has 2 atom stereocenters. The summed E-state index contributed by atoms with van der Waals surface area (Å²) in [5, 5.41) is 11.4. The molecule has 0 aromatic heterocycles. The highest BCUT2D eigenvalue weighted by atomic mass is 79.9. The standard InChI is InChI=1S/C14H18BrClO2/c1-9-6-14(17,7-10(2)18-9)8-11-3-4-12(15)5-13(11)16/h3-5,9-10,17H,6-8H2,1-2H3. The lowest BCUT2D eigenvalue weighted by Crippen LogP contribution is -2.44. The fraction of sp³-hybridized carbons (Fsp3) is 0.571. The summed E-state index contributed by atoms with van der Waals surface area (Å²) >= 11 is 9.60. The number of ether oxygens (including phenoxy) is 1. The molecule has 1 aliphatic rings. The van der Waals surface area contributed by atoms with Gasteiger partial charge in [0.1, 0.15) is 0 Å². The van der Waals surface area contributed by atoms with Gasteiger partial charge in [-0.1, -0.05) is 33.6 Å². The average Bonchev–Trinajstić information content (AvgIpc) is 2.20. The van der Waals surface area contributed by atoms with Gasteiger partial charge >= 0.3 is 0 Å². The third-order valence-electron chi connectivity index (χ3n) is 3.33. The van der Waals surface area contributed by atoms with Crippen LogP contribution in [0.3, 0.4) is 0 Å². The van der Waals surface area contributed by atoms with E-state index in [-0.39, 0.29) is 12.2 Å². The molecule has 100 valence electrons. The van der Waals surface area contributed by atoms with Gasteiger partial charge in [-0.15, -0.1) is 0 Å². The minimum absolute atomic E-state index is 0.0907. The van der Waals surface area contributed by atoms with Crippen molar-refractivity contribution in [3.8, 4) is 0 Å². The highest BCUT2D eigenvalue weighted by Crippen LogP contribution is 2.34. The molecule has 2 unspecified atom stereocenters. The molecule has 1 aromatic carbocycles. The van der Waals surface area contributed by atoms with Crippen LogP contribution in [0.4, 0.5) is 0 Å². The first-order valence-corrected chi connectivity index (χ1v) is 7.37. The van der Waals surface area contributed by atoms with Crippen molar-refractivity contribution in [2.45, 2.75) is 50.9 Å². The van der Waals surface area contributed by atoms with Crippen molar-refractivity contribution < 1.29 is 9.84 Å². The number of benzene rings is 1. The maximum Gasteiger partial charge on any atom is 0.0737 e. The van der Waals surface area contributed by atoms with Gasteiger partial charge in [-0.25, -0.2) is 0 Å². The third kappa shape index (κ3) is 3.47. The molecular formula is C14H18BrClO2. The van der Waals surface area contributed by atoms with E-state index in [0.29, 0.717) is 24.3 Å². The maximum atomic E-state index is 10.7. The fourth-order valence-electron chi connectivity index (χ4n) is 2.81. The van der Waals surface area contributed by atoms with Gasteiger partial charge in [-0.05, 0) is 31.5 Å². The zero-order valence-electron chi connectivity index (χ0n) is 10.6. The molecule has 2 nitrogen and oxygen atoms in total. The molecule has 4 heteroatoms. The summed E-state index contributed by atoms with van der Waals surface area (Å²) in [6.07, 6.45) is 2.07. The summed E-state index contributed by atoms with van der Waals surface area (Å²) in [5.41, 5.74) is 0.276. The molecule has 0 saturated carbocycles. The zero-order chi connectivity index (χ0) is 13.3. The Kier molecular flexibility index (Phi) is 4.37. The fourth-order valence-corrected chi connectivity index (χ4v) is 3.55. The highest BCUT2D eigenvalue weighted by molar-refractivity contribution is 9.10. The molecule has 1 fully saturated rings. The van der Waals surface area contributed by atoms with Crippen LogP contribution in [0.5, 0.6) is 0 Å². The van der Waals surface area contributed by atoms with Gasteiger partial charge in [0.2, 0.25) is 0 Å². The minimum Gasteiger partial charge on any atom is -0.389 e. The summed E-state index contributed by atoms with van der Waals surface area (Å²) in [4.78, 5) is 0. The summed E-state index contributed by atoms with van der Waals surface area (Å²) < 4.78 is 6.62. The van der Waals surface area contributed by atoms with Gasteiger partial charge < -0.3 is 9.84 Å². The molecule has 18 heavy (non-hydrogen) atoms. The Labute approximate surface area is 121 Å². The van der Waals surface area contributed by atoms with Crippen LogP contribution in [0, 0.1) is 0 Å². The minimum atomic E-state index is -0.714. The van der Waals surface area contributed by atoms with Crippen molar-refractivity contribution >= 4 is 27.5 Å². The molecule has 1 aliphatic heterocycles. The number of halogens is 2. The van der Waals surface area contributed by atoms with Crippen LogP contribution in [-0.4, -0.2) is 22.9 Å². The smallest absolute Gasteiger partial charge is 0.0737 e. The molecule has 2 rings (SSSR count). The predicted molar refractivity (Wildman–Crippen MR) is 77.0 cm³/mol. The number of rotatable bonds is 2. The van der Waals surface area contributed by atoms with Crippen molar-refractivity contribution in [2.24, 2.45) is 0 Å². The van der Waals surface area contributed by atoms with Crippen LogP contribution < -0.4 is 0 Å². The third-order valence-corrected chi connectivity index (χ3v) is 4.18.